The second-order valence-electron chi connectivity index (χ2n) is 5.01. The van der Waals surface area contributed by atoms with E-state index in [1.807, 2.05) is 19.1 Å². The van der Waals surface area contributed by atoms with Gasteiger partial charge in [-0.2, -0.15) is 0 Å². The summed E-state index contributed by atoms with van der Waals surface area (Å²) in [5.41, 5.74) is 9.54. The summed E-state index contributed by atoms with van der Waals surface area (Å²) in [6.07, 6.45) is 2.25. The van der Waals surface area contributed by atoms with Crippen LogP contribution in [0.2, 0.25) is 0 Å². The molecule has 1 aliphatic carbocycles. The Morgan fingerprint density at radius 1 is 1.53 bits per heavy atom. The van der Waals surface area contributed by atoms with E-state index in [-0.39, 0.29) is 5.92 Å². The minimum atomic E-state index is -0.930. The Bertz CT molecular complexity index is 442. The van der Waals surface area contributed by atoms with Crippen LogP contribution in [0.1, 0.15) is 48.8 Å². The second kappa shape index (κ2) is 4.49. The van der Waals surface area contributed by atoms with Crippen LogP contribution in [0.3, 0.4) is 0 Å². The van der Waals surface area contributed by atoms with Crippen molar-refractivity contribution in [2.75, 3.05) is 0 Å². The van der Waals surface area contributed by atoms with Gasteiger partial charge < -0.3 is 10.8 Å². The summed E-state index contributed by atoms with van der Waals surface area (Å²) in [6, 6.07) is 5.35. The number of nitrogens with two attached hydrogens (primary N) is 1. The van der Waals surface area contributed by atoms with E-state index in [1.54, 1.807) is 0 Å². The number of hydrogen-bond donors (Lipinski definition) is 2. The molecule has 0 aliphatic heterocycles. The number of aliphatic carboxylic acids is 1. The fraction of sp³-hybridized carbons (Fsp3) is 0.500. The lowest BCUT2D eigenvalue weighted by Crippen LogP contribution is -2.35. The molecule has 17 heavy (non-hydrogen) atoms. The van der Waals surface area contributed by atoms with Gasteiger partial charge >= 0.3 is 5.97 Å². The molecule has 1 aliphatic rings. The Morgan fingerprint density at radius 3 is 2.88 bits per heavy atom. The third kappa shape index (κ3) is 2.07. The van der Waals surface area contributed by atoms with E-state index >= 15 is 0 Å². The van der Waals surface area contributed by atoms with E-state index in [9.17, 15) is 4.79 Å². The summed E-state index contributed by atoms with van der Waals surface area (Å²) in [4.78, 5) is 11.0. The summed E-state index contributed by atoms with van der Waals surface area (Å²) in [5.74, 6) is -0.548. The lowest BCUT2D eigenvalue weighted by molar-refractivity contribution is -0.139. The first-order valence-corrected chi connectivity index (χ1v) is 6.12. The van der Waals surface area contributed by atoms with Crippen LogP contribution in [-0.2, 0) is 11.2 Å². The van der Waals surface area contributed by atoms with Crippen molar-refractivity contribution in [3.05, 3.63) is 34.9 Å². The molecule has 0 radical (unpaired) electrons. The van der Waals surface area contributed by atoms with E-state index in [4.69, 9.17) is 10.8 Å². The molecule has 0 amide bonds. The first-order valence-electron chi connectivity index (χ1n) is 6.12. The van der Waals surface area contributed by atoms with Crippen molar-refractivity contribution in [1.29, 1.82) is 0 Å². The molecule has 3 atom stereocenters. The maximum absolute atomic E-state index is 11.0. The van der Waals surface area contributed by atoms with Gasteiger partial charge in [-0.3, -0.25) is 4.79 Å². The maximum atomic E-state index is 11.0. The zero-order valence-electron chi connectivity index (χ0n) is 10.3. The van der Waals surface area contributed by atoms with Gasteiger partial charge in [-0.15, -0.1) is 0 Å². The molecular weight excluding hydrogens is 214 g/mol. The third-order valence-corrected chi connectivity index (χ3v) is 3.88. The van der Waals surface area contributed by atoms with Crippen molar-refractivity contribution < 1.29 is 9.90 Å². The predicted molar refractivity (Wildman–Crippen MR) is 67.2 cm³/mol. The van der Waals surface area contributed by atoms with Gasteiger partial charge in [-0.25, -0.2) is 0 Å². The lowest BCUT2D eigenvalue weighted by atomic mass is 9.86. The third-order valence-electron chi connectivity index (χ3n) is 3.88. The van der Waals surface area contributed by atoms with Crippen LogP contribution in [0, 0.1) is 0 Å². The van der Waals surface area contributed by atoms with E-state index < -0.39 is 12.0 Å². The van der Waals surface area contributed by atoms with Gasteiger partial charge in [-0.1, -0.05) is 32.0 Å². The Balaban J connectivity index is 2.40. The molecule has 0 aromatic heterocycles. The molecule has 0 saturated heterocycles. The minimum Gasteiger partial charge on any atom is -0.480 e. The fourth-order valence-corrected chi connectivity index (χ4v) is 2.77. The topological polar surface area (TPSA) is 63.3 Å². The molecule has 1 unspecified atom stereocenters. The maximum Gasteiger partial charge on any atom is 0.321 e. The molecule has 1 aromatic rings. The molecule has 3 heteroatoms. The number of aryl methyl sites for hydroxylation is 1. The largest absolute Gasteiger partial charge is 0.480 e. The molecule has 92 valence electrons. The van der Waals surface area contributed by atoms with Crippen molar-refractivity contribution >= 4 is 5.97 Å². The summed E-state index contributed by atoms with van der Waals surface area (Å²) in [5, 5.41) is 9.00. The summed E-state index contributed by atoms with van der Waals surface area (Å²) in [7, 11) is 0. The number of carboxylic acids is 1. The Labute approximate surface area is 102 Å². The highest BCUT2D eigenvalue weighted by Crippen LogP contribution is 2.38. The first kappa shape index (κ1) is 12.1. The van der Waals surface area contributed by atoms with Gasteiger partial charge in [0.05, 0.1) is 0 Å². The molecule has 0 bridgehead atoms. The summed E-state index contributed by atoms with van der Waals surface area (Å²) in [6.45, 7) is 4.10. The minimum absolute atomic E-state index is 0.136. The number of benzene rings is 1. The predicted octanol–water partition coefficient (Wildman–Crippen LogP) is 2.25. The van der Waals surface area contributed by atoms with Gasteiger partial charge in [0.1, 0.15) is 6.04 Å². The van der Waals surface area contributed by atoms with E-state index in [2.05, 4.69) is 13.0 Å². The standard InChI is InChI=1S/C14H19NO2/c1-8-6-7-10-4-3-5-11(12(8)10)9(2)13(15)14(16)17/h3-5,8-9,13H,6-7,15H2,1-2H3,(H,16,17)/t8?,9-,13-/m0/s1. The fourth-order valence-electron chi connectivity index (χ4n) is 2.77. The molecule has 2 rings (SSSR count). The van der Waals surface area contributed by atoms with Gasteiger partial charge in [-0.05, 0) is 35.4 Å². The average molecular weight is 233 g/mol. The SMILES string of the molecule is CC1CCc2cccc([C@H](C)[C@H](N)C(=O)O)c21. The highest BCUT2D eigenvalue weighted by Gasteiger charge is 2.28. The highest BCUT2D eigenvalue weighted by molar-refractivity contribution is 5.74. The van der Waals surface area contributed by atoms with Crippen molar-refractivity contribution in [2.45, 2.75) is 44.6 Å². The van der Waals surface area contributed by atoms with Crippen LogP contribution >= 0.6 is 0 Å². The van der Waals surface area contributed by atoms with Crippen LogP contribution in [0.15, 0.2) is 18.2 Å². The molecule has 3 nitrogen and oxygen atoms in total. The zero-order valence-corrected chi connectivity index (χ0v) is 10.3. The molecule has 0 fully saturated rings. The van der Waals surface area contributed by atoms with Crippen molar-refractivity contribution in [3.63, 3.8) is 0 Å². The molecule has 0 saturated carbocycles. The summed E-state index contributed by atoms with van der Waals surface area (Å²) < 4.78 is 0. The highest BCUT2D eigenvalue weighted by atomic mass is 16.4. The molecule has 1 aromatic carbocycles. The first-order chi connectivity index (χ1) is 8.02. The van der Waals surface area contributed by atoms with E-state index in [0.29, 0.717) is 5.92 Å². The van der Waals surface area contributed by atoms with Crippen LogP contribution in [0.25, 0.3) is 0 Å². The number of hydrogen-bond acceptors (Lipinski definition) is 2. The quantitative estimate of drug-likeness (QED) is 0.841. The second-order valence-corrected chi connectivity index (χ2v) is 5.01. The van der Waals surface area contributed by atoms with Crippen LogP contribution < -0.4 is 5.73 Å². The zero-order chi connectivity index (χ0) is 12.6. The van der Waals surface area contributed by atoms with Gasteiger partial charge in [0.15, 0.2) is 0 Å². The Morgan fingerprint density at radius 2 is 2.24 bits per heavy atom. The van der Waals surface area contributed by atoms with Gasteiger partial charge in [0.2, 0.25) is 0 Å². The van der Waals surface area contributed by atoms with Crippen molar-refractivity contribution in [2.24, 2.45) is 5.73 Å². The normalized spacial score (nSPS) is 21.9. The van der Waals surface area contributed by atoms with Crippen molar-refractivity contribution in [1.82, 2.24) is 0 Å². The molecule has 0 heterocycles. The number of rotatable bonds is 3. The summed E-state index contributed by atoms with van der Waals surface area (Å²) >= 11 is 0. The Kier molecular flexibility index (Phi) is 3.20. The molecule has 3 N–H and O–H groups in total. The smallest absolute Gasteiger partial charge is 0.321 e. The van der Waals surface area contributed by atoms with E-state index in [1.165, 1.54) is 11.1 Å². The number of carbonyl (C=O) groups is 1. The molecule has 0 spiro atoms. The average Bonchev–Trinajstić information content (AvgIpc) is 2.69. The van der Waals surface area contributed by atoms with E-state index in [0.717, 1.165) is 18.4 Å². The number of carboxylic acid groups (broad SMARTS) is 1. The Hall–Kier alpha value is -1.35. The molecular formula is C14H19NO2. The van der Waals surface area contributed by atoms with Crippen LogP contribution in [-0.4, -0.2) is 17.1 Å². The number of fused-ring (bicyclic) bond motifs is 1. The van der Waals surface area contributed by atoms with Crippen molar-refractivity contribution in [3.8, 4) is 0 Å². The monoisotopic (exact) mass is 233 g/mol. The lowest BCUT2D eigenvalue weighted by Gasteiger charge is -2.21. The van der Waals surface area contributed by atoms with Gasteiger partial charge in [0.25, 0.3) is 0 Å². The van der Waals surface area contributed by atoms with Crippen LogP contribution in [0.5, 0.6) is 0 Å². The van der Waals surface area contributed by atoms with Crippen LogP contribution in [0.4, 0.5) is 0 Å². The van der Waals surface area contributed by atoms with Gasteiger partial charge in [0, 0.05) is 5.92 Å².